The number of para-hydroxylation sites is 2. The molecule has 0 spiro atoms. The van der Waals surface area contributed by atoms with E-state index in [1.165, 1.54) is 0 Å². The lowest BCUT2D eigenvalue weighted by Gasteiger charge is -2.25. The first-order valence-electron chi connectivity index (χ1n) is 17.3. The number of hydrogen-bond acceptors (Lipinski definition) is 8. The van der Waals surface area contributed by atoms with Gasteiger partial charge in [-0.3, -0.25) is 0 Å². The summed E-state index contributed by atoms with van der Waals surface area (Å²) in [5, 5.41) is 4.96. The van der Waals surface area contributed by atoms with Crippen LogP contribution >= 0.6 is 0 Å². The van der Waals surface area contributed by atoms with Crippen LogP contribution in [0.25, 0.3) is 66.2 Å². The Hall–Kier alpha value is -7.45. The lowest BCUT2D eigenvalue weighted by atomic mass is 10.1. The zero-order valence-electron chi connectivity index (χ0n) is 28.0. The van der Waals surface area contributed by atoms with Gasteiger partial charge in [-0.05, 0) is 84.9 Å². The fraction of sp³-hybridized carbons (Fsp3) is 0. The molecule has 0 atom stereocenters. The van der Waals surface area contributed by atoms with Crippen LogP contribution in [0.15, 0.2) is 177 Å². The summed E-state index contributed by atoms with van der Waals surface area (Å²) >= 11 is 0. The Kier molecular flexibility index (Phi) is 6.38. The topological polar surface area (TPSA) is 84.6 Å². The second-order valence-electron chi connectivity index (χ2n) is 12.9. The highest BCUT2D eigenvalue weighted by Crippen LogP contribution is 2.42. The zero-order valence-corrected chi connectivity index (χ0v) is 28.0. The van der Waals surface area contributed by atoms with Crippen LogP contribution in [0.5, 0.6) is 0 Å². The van der Waals surface area contributed by atoms with E-state index >= 15 is 0 Å². The molecule has 6 heterocycles. The Labute approximate surface area is 301 Å². The normalized spacial score (nSPS) is 11.8. The largest absolute Gasteiger partial charge is 0.454 e. The van der Waals surface area contributed by atoms with Gasteiger partial charge in [0.15, 0.2) is 5.58 Å². The average Bonchev–Trinajstić information content (AvgIpc) is 3.89. The van der Waals surface area contributed by atoms with E-state index in [0.29, 0.717) is 17.0 Å². The van der Waals surface area contributed by atoms with E-state index in [2.05, 4.69) is 105 Å². The van der Waals surface area contributed by atoms with Gasteiger partial charge in [0.05, 0.1) is 11.9 Å². The molecule has 8 heteroatoms. The van der Waals surface area contributed by atoms with Crippen LogP contribution in [-0.2, 0) is 0 Å². The second-order valence-corrected chi connectivity index (χ2v) is 12.9. The monoisotopic (exact) mass is 685 g/mol. The van der Waals surface area contributed by atoms with E-state index in [0.717, 1.165) is 83.3 Å². The number of anilines is 6. The second kappa shape index (κ2) is 11.5. The van der Waals surface area contributed by atoms with Crippen LogP contribution in [0.3, 0.4) is 0 Å². The summed E-state index contributed by atoms with van der Waals surface area (Å²) in [6.45, 7) is 0. The highest BCUT2D eigenvalue weighted by atomic mass is 16.3. The van der Waals surface area contributed by atoms with Gasteiger partial charge >= 0.3 is 0 Å². The molecule has 0 N–H and O–H groups in total. The number of aromatic nitrogens is 3. The molecule has 0 aliphatic rings. The van der Waals surface area contributed by atoms with Crippen molar-refractivity contribution < 1.29 is 13.3 Å². The fourth-order valence-corrected chi connectivity index (χ4v) is 7.41. The van der Waals surface area contributed by atoms with Crippen molar-refractivity contribution in [1.82, 2.24) is 15.0 Å². The first kappa shape index (κ1) is 29.3. The third kappa shape index (κ3) is 4.73. The molecule has 0 amide bonds. The number of furan rings is 3. The van der Waals surface area contributed by atoms with Gasteiger partial charge in [-0.15, -0.1) is 0 Å². The first-order chi connectivity index (χ1) is 26.2. The van der Waals surface area contributed by atoms with Gasteiger partial charge < -0.3 is 23.1 Å². The Morgan fingerprint density at radius 1 is 0.340 bits per heavy atom. The standard InChI is InChI=1S/C45H27N5O3/c1-3-9-28(10-4-1)49(30-15-18-34-36-13-7-21-46-44(36)52-39(34)23-30)31-17-20-38-41(25-31)51-42-26-33(27-48-43(38)42)50(29-11-5-2-6-12-29)32-16-19-35-37-14-8-22-47-45(37)53-40(35)24-32/h1-27H. The predicted molar refractivity (Wildman–Crippen MR) is 211 cm³/mol. The van der Waals surface area contributed by atoms with E-state index in [1.54, 1.807) is 12.4 Å². The predicted octanol–water partition coefficient (Wildman–Crippen LogP) is 12.5. The molecule has 0 unspecified atom stereocenters. The van der Waals surface area contributed by atoms with Gasteiger partial charge in [-0.2, -0.15) is 0 Å². The van der Waals surface area contributed by atoms with E-state index in [9.17, 15) is 0 Å². The van der Waals surface area contributed by atoms with Crippen LogP contribution in [0.2, 0.25) is 0 Å². The summed E-state index contributed by atoms with van der Waals surface area (Å²) in [5.41, 5.74) is 10.7. The minimum absolute atomic E-state index is 0.619. The lowest BCUT2D eigenvalue weighted by Crippen LogP contribution is -2.10. The van der Waals surface area contributed by atoms with Crippen LogP contribution < -0.4 is 9.80 Å². The molecule has 0 aliphatic heterocycles. The Morgan fingerprint density at radius 3 is 1.36 bits per heavy atom. The Balaban J connectivity index is 1.03. The number of hydrogen-bond donors (Lipinski definition) is 0. The quantitative estimate of drug-likeness (QED) is 0.171. The van der Waals surface area contributed by atoms with Gasteiger partial charge in [-0.25, -0.2) is 15.0 Å². The minimum atomic E-state index is 0.619. The molecule has 250 valence electrons. The summed E-state index contributed by atoms with van der Waals surface area (Å²) in [6, 6.07) is 49.3. The summed E-state index contributed by atoms with van der Waals surface area (Å²) in [5.74, 6) is 0. The van der Waals surface area contributed by atoms with E-state index in [4.69, 9.17) is 18.2 Å². The van der Waals surface area contributed by atoms with E-state index in [1.807, 2.05) is 66.9 Å². The molecule has 5 aromatic carbocycles. The van der Waals surface area contributed by atoms with Gasteiger partial charge in [-0.1, -0.05) is 36.4 Å². The summed E-state index contributed by atoms with van der Waals surface area (Å²) in [6.07, 6.45) is 5.40. The third-order valence-electron chi connectivity index (χ3n) is 9.81. The summed E-state index contributed by atoms with van der Waals surface area (Å²) in [7, 11) is 0. The number of nitrogens with zero attached hydrogens (tertiary/aromatic N) is 5. The van der Waals surface area contributed by atoms with Crippen molar-refractivity contribution in [3.05, 3.63) is 164 Å². The Morgan fingerprint density at radius 2 is 0.811 bits per heavy atom. The maximum atomic E-state index is 6.63. The van der Waals surface area contributed by atoms with Crippen molar-refractivity contribution in [2.45, 2.75) is 0 Å². The smallest absolute Gasteiger partial charge is 0.227 e. The molecule has 0 radical (unpaired) electrons. The Bertz CT molecular complexity index is 2940. The fourth-order valence-electron chi connectivity index (χ4n) is 7.41. The van der Waals surface area contributed by atoms with Crippen molar-refractivity contribution in [2.24, 2.45) is 0 Å². The van der Waals surface area contributed by atoms with Crippen LogP contribution in [0, 0.1) is 0 Å². The molecular weight excluding hydrogens is 659 g/mol. The average molecular weight is 686 g/mol. The first-order valence-corrected chi connectivity index (χ1v) is 17.3. The van der Waals surface area contributed by atoms with Crippen molar-refractivity contribution in [3.8, 4) is 0 Å². The number of pyridine rings is 3. The van der Waals surface area contributed by atoms with Crippen molar-refractivity contribution in [2.75, 3.05) is 9.80 Å². The van der Waals surface area contributed by atoms with Crippen LogP contribution in [0.4, 0.5) is 34.1 Å². The molecule has 8 nitrogen and oxygen atoms in total. The number of fused-ring (bicyclic) bond motifs is 9. The van der Waals surface area contributed by atoms with Gasteiger partial charge in [0, 0.05) is 92.0 Å². The zero-order chi connectivity index (χ0) is 34.9. The molecule has 6 aromatic heterocycles. The van der Waals surface area contributed by atoms with Crippen LogP contribution in [0.1, 0.15) is 0 Å². The van der Waals surface area contributed by atoms with Crippen molar-refractivity contribution in [3.63, 3.8) is 0 Å². The molecule has 0 bridgehead atoms. The van der Waals surface area contributed by atoms with Crippen LogP contribution in [-0.4, -0.2) is 15.0 Å². The van der Waals surface area contributed by atoms with Gasteiger partial charge in [0.2, 0.25) is 11.4 Å². The summed E-state index contributed by atoms with van der Waals surface area (Å²) < 4.78 is 19.0. The van der Waals surface area contributed by atoms with E-state index < -0.39 is 0 Å². The maximum absolute atomic E-state index is 6.63. The molecule has 0 aliphatic carbocycles. The van der Waals surface area contributed by atoms with Gasteiger partial charge in [0.1, 0.15) is 22.3 Å². The molecule has 11 rings (SSSR count). The molecule has 0 fully saturated rings. The summed E-state index contributed by atoms with van der Waals surface area (Å²) in [4.78, 5) is 18.2. The highest BCUT2D eigenvalue weighted by Gasteiger charge is 2.20. The molecule has 11 aromatic rings. The lowest BCUT2D eigenvalue weighted by molar-refractivity contribution is 0.653. The number of rotatable bonds is 6. The molecular formula is C45H27N5O3. The van der Waals surface area contributed by atoms with Crippen molar-refractivity contribution in [1.29, 1.82) is 0 Å². The molecule has 0 saturated carbocycles. The third-order valence-corrected chi connectivity index (χ3v) is 9.81. The van der Waals surface area contributed by atoms with E-state index in [-0.39, 0.29) is 0 Å². The number of benzene rings is 5. The van der Waals surface area contributed by atoms with Gasteiger partial charge in [0.25, 0.3) is 0 Å². The van der Waals surface area contributed by atoms with Crippen molar-refractivity contribution >= 4 is 100 Å². The SMILES string of the molecule is c1ccc(N(c2ccc3c(c2)oc2ncccc23)c2ccc3c(c2)oc2cc(N(c4ccccc4)c4ccc5c(c4)oc4ncccc45)cnc23)cc1. The molecule has 0 saturated heterocycles. The highest BCUT2D eigenvalue weighted by molar-refractivity contribution is 6.07. The molecule has 53 heavy (non-hydrogen) atoms. The maximum Gasteiger partial charge on any atom is 0.227 e. The minimum Gasteiger partial charge on any atom is -0.454 e.